The van der Waals surface area contributed by atoms with E-state index in [-0.39, 0.29) is 0 Å². The van der Waals surface area contributed by atoms with Crippen LogP contribution in [0.2, 0.25) is 0 Å². The minimum Gasteiger partial charge on any atom is -0.308 e. The number of imidazole rings is 1. The molecule has 0 amide bonds. The van der Waals surface area contributed by atoms with E-state index in [9.17, 15) is 0 Å². The summed E-state index contributed by atoms with van der Waals surface area (Å²) >= 11 is 1.57. The molecule has 3 aromatic rings. The van der Waals surface area contributed by atoms with Gasteiger partial charge >= 0.3 is 0 Å². The van der Waals surface area contributed by atoms with Gasteiger partial charge in [-0.1, -0.05) is 6.07 Å². The van der Waals surface area contributed by atoms with E-state index < -0.39 is 0 Å². The molecule has 0 atom stereocenters. The second-order valence-corrected chi connectivity index (χ2v) is 6.10. The van der Waals surface area contributed by atoms with Gasteiger partial charge in [0.1, 0.15) is 15.7 Å². The largest absolute Gasteiger partial charge is 0.308 e. The molecule has 3 heterocycles. The fourth-order valence-corrected chi connectivity index (χ4v) is 3.09. The van der Waals surface area contributed by atoms with Gasteiger partial charge in [0, 0.05) is 31.2 Å². The van der Waals surface area contributed by atoms with Crippen molar-refractivity contribution in [2.75, 3.05) is 0 Å². The highest BCUT2D eigenvalue weighted by atomic mass is 32.2. The molecule has 0 unspecified atom stereocenters. The standard InChI is InChI=1S/C15H15N5S/c1-2-8-20-12(9-18-11-4-5-11)15(19-13(20)3-1)21-14-10-16-6-7-17-14/h1-3,6-8,10-11,18H,4-5,9H2. The fraction of sp³-hybridized carbons (Fsp3) is 0.267. The third-order valence-corrected chi connectivity index (χ3v) is 4.41. The van der Waals surface area contributed by atoms with Crippen LogP contribution in [0.4, 0.5) is 0 Å². The van der Waals surface area contributed by atoms with Crippen molar-refractivity contribution in [3.05, 3.63) is 48.7 Å². The molecule has 0 bridgehead atoms. The van der Waals surface area contributed by atoms with Crippen molar-refractivity contribution in [1.29, 1.82) is 0 Å². The van der Waals surface area contributed by atoms with E-state index in [2.05, 4.69) is 25.9 Å². The molecule has 1 saturated carbocycles. The van der Waals surface area contributed by atoms with Crippen molar-refractivity contribution in [3.8, 4) is 0 Å². The molecule has 4 rings (SSSR count). The number of pyridine rings is 1. The average molecular weight is 297 g/mol. The highest BCUT2D eigenvalue weighted by Crippen LogP contribution is 2.29. The Bertz CT molecular complexity index is 751. The van der Waals surface area contributed by atoms with E-state index in [0.717, 1.165) is 22.2 Å². The number of nitrogens with one attached hydrogen (secondary N) is 1. The summed E-state index contributed by atoms with van der Waals surface area (Å²) in [5.74, 6) is 0. The Morgan fingerprint density at radius 1 is 1.29 bits per heavy atom. The van der Waals surface area contributed by atoms with Gasteiger partial charge in [0.2, 0.25) is 0 Å². The zero-order valence-electron chi connectivity index (χ0n) is 11.4. The topological polar surface area (TPSA) is 55.1 Å². The van der Waals surface area contributed by atoms with Gasteiger partial charge in [0.25, 0.3) is 0 Å². The predicted octanol–water partition coefficient (Wildman–Crippen LogP) is 2.53. The Balaban J connectivity index is 1.69. The molecule has 21 heavy (non-hydrogen) atoms. The monoisotopic (exact) mass is 297 g/mol. The Morgan fingerprint density at radius 3 is 3.05 bits per heavy atom. The van der Waals surface area contributed by atoms with E-state index in [1.807, 2.05) is 18.2 Å². The zero-order chi connectivity index (χ0) is 14.1. The lowest BCUT2D eigenvalue weighted by Crippen LogP contribution is -2.17. The maximum atomic E-state index is 4.72. The molecule has 0 spiro atoms. The van der Waals surface area contributed by atoms with Crippen molar-refractivity contribution in [2.24, 2.45) is 0 Å². The molecule has 3 aromatic heterocycles. The van der Waals surface area contributed by atoms with Crippen LogP contribution >= 0.6 is 11.8 Å². The van der Waals surface area contributed by atoms with E-state index >= 15 is 0 Å². The second-order valence-electron chi connectivity index (χ2n) is 5.09. The van der Waals surface area contributed by atoms with Gasteiger partial charge in [-0.25, -0.2) is 9.97 Å². The SMILES string of the molecule is c1ccn2c(CNC3CC3)c(Sc3cnccn3)nc2c1. The van der Waals surface area contributed by atoms with Gasteiger partial charge in [0.05, 0.1) is 11.9 Å². The van der Waals surface area contributed by atoms with Crippen LogP contribution in [0, 0.1) is 0 Å². The van der Waals surface area contributed by atoms with E-state index in [0.29, 0.717) is 6.04 Å². The van der Waals surface area contributed by atoms with E-state index in [1.54, 1.807) is 30.4 Å². The van der Waals surface area contributed by atoms with Crippen LogP contribution in [0.15, 0.2) is 53.0 Å². The van der Waals surface area contributed by atoms with Crippen molar-refractivity contribution < 1.29 is 0 Å². The molecular formula is C15H15N5S. The molecule has 1 N–H and O–H groups in total. The summed E-state index contributed by atoms with van der Waals surface area (Å²) in [4.78, 5) is 13.2. The molecule has 106 valence electrons. The number of hydrogen-bond acceptors (Lipinski definition) is 5. The summed E-state index contributed by atoms with van der Waals surface area (Å²) in [5.41, 5.74) is 2.16. The predicted molar refractivity (Wildman–Crippen MR) is 81.2 cm³/mol. The minimum absolute atomic E-state index is 0.675. The third kappa shape index (κ3) is 2.77. The quantitative estimate of drug-likeness (QED) is 0.784. The van der Waals surface area contributed by atoms with Crippen LogP contribution in [-0.4, -0.2) is 25.4 Å². The maximum Gasteiger partial charge on any atom is 0.138 e. The van der Waals surface area contributed by atoms with E-state index in [1.165, 1.54) is 18.5 Å². The summed E-state index contributed by atoms with van der Waals surface area (Å²) in [6.07, 6.45) is 9.79. The van der Waals surface area contributed by atoms with Crippen molar-refractivity contribution in [3.63, 3.8) is 0 Å². The van der Waals surface area contributed by atoms with Crippen LogP contribution in [0.1, 0.15) is 18.5 Å². The third-order valence-electron chi connectivity index (χ3n) is 3.47. The first kappa shape index (κ1) is 12.8. The normalized spacial score (nSPS) is 14.7. The Labute approximate surface area is 126 Å². The van der Waals surface area contributed by atoms with Gasteiger partial charge < -0.3 is 9.72 Å². The minimum atomic E-state index is 0.675. The molecule has 6 heteroatoms. The Morgan fingerprint density at radius 2 is 2.24 bits per heavy atom. The molecule has 0 radical (unpaired) electrons. The molecule has 0 aromatic carbocycles. The molecule has 1 aliphatic carbocycles. The first-order chi connectivity index (χ1) is 10.4. The van der Waals surface area contributed by atoms with Crippen LogP contribution in [-0.2, 0) is 6.54 Å². The number of aromatic nitrogens is 4. The zero-order valence-corrected chi connectivity index (χ0v) is 12.3. The lowest BCUT2D eigenvalue weighted by molar-refractivity contribution is 0.660. The van der Waals surface area contributed by atoms with Gasteiger partial charge in [-0.05, 0) is 36.7 Å². The second kappa shape index (κ2) is 5.46. The molecule has 1 fully saturated rings. The van der Waals surface area contributed by atoms with Crippen LogP contribution < -0.4 is 5.32 Å². The van der Waals surface area contributed by atoms with E-state index in [4.69, 9.17) is 4.98 Å². The fourth-order valence-electron chi connectivity index (χ4n) is 2.23. The summed E-state index contributed by atoms with van der Waals surface area (Å²) in [6.45, 7) is 0.832. The lowest BCUT2D eigenvalue weighted by Gasteiger charge is -2.05. The number of rotatable bonds is 5. The summed E-state index contributed by atoms with van der Waals surface area (Å²) in [6, 6.07) is 6.75. The highest BCUT2D eigenvalue weighted by Gasteiger charge is 2.22. The summed E-state index contributed by atoms with van der Waals surface area (Å²) in [7, 11) is 0. The highest BCUT2D eigenvalue weighted by molar-refractivity contribution is 7.99. The first-order valence-corrected chi connectivity index (χ1v) is 7.85. The number of fused-ring (bicyclic) bond motifs is 1. The van der Waals surface area contributed by atoms with Crippen LogP contribution in [0.25, 0.3) is 5.65 Å². The summed E-state index contributed by atoms with van der Waals surface area (Å²) < 4.78 is 2.15. The molecule has 5 nitrogen and oxygen atoms in total. The molecular weight excluding hydrogens is 282 g/mol. The van der Waals surface area contributed by atoms with Gasteiger partial charge in [0.15, 0.2) is 0 Å². The van der Waals surface area contributed by atoms with Gasteiger partial charge in [-0.15, -0.1) is 0 Å². The number of nitrogens with zero attached hydrogens (tertiary/aromatic N) is 4. The first-order valence-electron chi connectivity index (χ1n) is 7.03. The van der Waals surface area contributed by atoms with Gasteiger partial charge in [-0.3, -0.25) is 4.98 Å². The Kier molecular flexibility index (Phi) is 3.33. The average Bonchev–Trinajstić information content (AvgIpc) is 3.28. The van der Waals surface area contributed by atoms with Gasteiger partial charge in [-0.2, -0.15) is 0 Å². The Hall–Kier alpha value is -1.92. The lowest BCUT2D eigenvalue weighted by atomic mass is 10.4. The molecule has 0 aliphatic heterocycles. The smallest absolute Gasteiger partial charge is 0.138 e. The van der Waals surface area contributed by atoms with Crippen molar-refractivity contribution >= 4 is 17.4 Å². The van der Waals surface area contributed by atoms with Crippen molar-refractivity contribution in [1.82, 2.24) is 24.7 Å². The summed E-state index contributed by atoms with van der Waals surface area (Å²) in [5, 5.41) is 5.43. The van der Waals surface area contributed by atoms with Crippen molar-refractivity contribution in [2.45, 2.75) is 35.5 Å². The molecule has 1 aliphatic rings. The van der Waals surface area contributed by atoms with Crippen LogP contribution in [0.5, 0.6) is 0 Å². The number of hydrogen-bond donors (Lipinski definition) is 1. The van der Waals surface area contributed by atoms with Crippen LogP contribution in [0.3, 0.4) is 0 Å². The maximum absolute atomic E-state index is 4.72. The molecule has 0 saturated heterocycles.